The van der Waals surface area contributed by atoms with E-state index in [9.17, 15) is 4.79 Å². The highest BCUT2D eigenvalue weighted by molar-refractivity contribution is 6.02. The van der Waals surface area contributed by atoms with Crippen molar-refractivity contribution in [3.05, 3.63) is 29.8 Å². The first kappa shape index (κ1) is 11.9. The lowest BCUT2D eigenvalue weighted by Crippen LogP contribution is -2.17. The largest absolute Gasteiger partial charge is 0.412 e. The standard InChI is InChI=1S/C9H9NO.ClH.H2O/c11-9-5-6-10-8-4-2-1-3-7(8)9;;/h1-4,10H,5-6H2;1H;1H2. The van der Waals surface area contributed by atoms with Crippen molar-refractivity contribution in [2.75, 3.05) is 11.9 Å². The SMILES string of the molecule is Cl.O.O=C1CCNc2ccccc21. The molecule has 0 aromatic heterocycles. The fourth-order valence-corrected chi connectivity index (χ4v) is 1.33. The molecule has 0 saturated carbocycles. The van der Waals surface area contributed by atoms with Crippen LogP contribution in [0, 0.1) is 0 Å². The second kappa shape index (κ2) is 4.84. The first-order valence-corrected chi connectivity index (χ1v) is 3.74. The quantitative estimate of drug-likeness (QED) is 0.688. The highest BCUT2D eigenvalue weighted by atomic mass is 35.5. The number of halogens is 1. The van der Waals surface area contributed by atoms with Crippen LogP contribution >= 0.6 is 12.4 Å². The van der Waals surface area contributed by atoms with Gasteiger partial charge in [-0.3, -0.25) is 4.79 Å². The molecule has 1 heterocycles. The van der Waals surface area contributed by atoms with Crippen molar-refractivity contribution in [1.29, 1.82) is 0 Å². The number of benzene rings is 1. The highest BCUT2D eigenvalue weighted by Crippen LogP contribution is 2.20. The summed E-state index contributed by atoms with van der Waals surface area (Å²) in [6.45, 7) is 0.774. The van der Waals surface area contributed by atoms with Gasteiger partial charge in [0.2, 0.25) is 0 Å². The van der Waals surface area contributed by atoms with Crippen LogP contribution in [0.25, 0.3) is 0 Å². The summed E-state index contributed by atoms with van der Waals surface area (Å²) in [4.78, 5) is 11.2. The number of ketones is 1. The van der Waals surface area contributed by atoms with Gasteiger partial charge in [0.05, 0.1) is 0 Å². The molecule has 1 aliphatic rings. The van der Waals surface area contributed by atoms with E-state index in [4.69, 9.17) is 0 Å². The molecule has 0 aliphatic carbocycles. The van der Waals surface area contributed by atoms with Gasteiger partial charge >= 0.3 is 0 Å². The summed E-state index contributed by atoms with van der Waals surface area (Å²) in [7, 11) is 0. The Morgan fingerprint density at radius 1 is 1.23 bits per heavy atom. The van der Waals surface area contributed by atoms with Gasteiger partial charge in [-0.05, 0) is 12.1 Å². The van der Waals surface area contributed by atoms with E-state index in [-0.39, 0.29) is 23.7 Å². The summed E-state index contributed by atoms with van der Waals surface area (Å²) in [6, 6.07) is 7.63. The third-order valence-corrected chi connectivity index (χ3v) is 1.89. The van der Waals surface area contributed by atoms with Crippen LogP contribution in [0.4, 0.5) is 5.69 Å². The second-order valence-electron chi connectivity index (χ2n) is 2.65. The normalized spacial score (nSPS) is 13.1. The van der Waals surface area contributed by atoms with E-state index in [1.807, 2.05) is 24.3 Å². The van der Waals surface area contributed by atoms with Crippen LogP contribution in [0.2, 0.25) is 0 Å². The fraction of sp³-hybridized carbons (Fsp3) is 0.222. The number of carbonyl (C=O) groups excluding carboxylic acids is 1. The summed E-state index contributed by atoms with van der Waals surface area (Å²) < 4.78 is 0. The number of nitrogens with one attached hydrogen (secondary N) is 1. The zero-order valence-corrected chi connectivity index (χ0v) is 7.86. The van der Waals surface area contributed by atoms with E-state index in [2.05, 4.69) is 5.32 Å². The number of carbonyl (C=O) groups is 1. The lowest BCUT2D eigenvalue weighted by Gasteiger charge is -2.15. The molecule has 3 nitrogen and oxygen atoms in total. The molecule has 2 rings (SSSR count). The van der Waals surface area contributed by atoms with Gasteiger partial charge in [0.25, 0.3) is 0 Å². The fourth-order valence-electron chi connectivity index (χ4n) is 1.33. The van der Waals surface area contributed by atoms with Gasteiger partial charge < -0.3 is 10.8 Å². The minimum Gasteiger partial charge on any atom is -0.412 e. The van der Waals surface area contributed by atoms with Gasteiger partial charge in [-0.1, -0.05) is 12.1 Å². The Hall–Kier alpha value is -1.06. The van der Waals surface area contributed by atoms with E-state index in [1.165, 1.54) is 0 Å². The molecule has 4 heteroatoms. The summed E-state index contributed by atoms with van der Waals surface area (Å²) in [5, 5.41) is 3.17. The van der Waals surface area contributed by atoms with Gasteiger partial charge in [-0.25, -0.2) is 0 Å². The van der Waals surface area contributed by atoms with Crippen LogP contribution < -0.4 is 5.32 Å². The molecule has 1 aromatic carbocycles. The third kappa shape index (κ3) is 2.20. The molecule has 0 amide bonds. The van der Waals surface area contributed by atoms with Crippen molar-refractivity contribution >= 4 is 23.9 Å². The molecule has 1 aromatic rings. The number of rotatable bonds is 0. The molecule has 1 aliphatic heterocycles. The van der Waals surface area contributed by atoms with Crippen molar-refractivity contribution in [3.63, 3.8) is 0 Å². The van der Waals surface area contributed by atoms with Crippen LogP contribution in [0.3, 0.4) is 0 Å². The number of hydrogen-bond acceptors (Lipinski definition) is 2. The molecule has 0 atom stereocenters. The van der Waals surface area contributed by atoms with Gasteiger partial charge in [-0.2, -0.15) is 0 Å². The minimum absolute atomic E-state index is 0. The number of fused-ring (bicyclic) bond motifs is 1. The van der Waals surface area contributed by atoms with Crippen LogP contribution in [-0.2, 0) is 0 Å². The molecular formula is C9H12ClNO2. The van der Waals surface area contributed by atoms with Crippen LogP contribution in [0.15, 0.2) is 24.3 Å². The Bertz CT molecular complexity index is 301. The predicted octanol–water partition coefficient (Wildman–Crippen LogP) is 1.28. The van der Waals surface area contributed by atoms with Gasteiger partial charge in [-0.15, -0.1) is 12.4 Å². The maximum atomic E-state index is 11.2. The van der Waals surface area contributed by atoms with E-state index in [0.717, 1.165) is 17.8 Å². The Labute approximate surface area is 82.9 Å². The van der Waals surface area contributed by atoms with Gasteiger partial charge in [0.1, 0.15) is 0 Å². The van der Waals surface area contributed by atoms with Crippen LogP contribution in [-0.4, -0.2) is 17.8 Å². The van der Waals surface area contributed by atoms with Crippen LogP contribution in [0.1, 0.15) is 16.8 Å². The van der Waals surface area contributed by atoms with Crippen molar-refractivity contribution in [1.82, 2.24) is 0 Å². The summed E-state index contributed by atoms with van der Waals surface area (Å²) in [6.07, 6.45) is 0.622. The Balaban J connectivity index is 0.000000720. The van der Waals surface area contributed by atoms with E-state index >= 15 is 0 Å². The molecule has 3 N–H and O–H groups in total. The number of hydrogen-bond donors (Lipinski definition) is 1. The predicted molar refractivity (Wildman–Crippen MR) is 54.7 cm³/mol. The monoisotopic (exact) mass is 201 g/mol. The topological polar surface area (TPSA) is 60.6 Å². The smallest absolute Gasteiger partial charge is 0.166 e. The van der Waals surface area contributed by atoms with E-state index in [1.54, 1.807) is 0 Å². The molecule has 0 bridgehead atoms. The molecule has 13 heavy (non-hydrogen) atoms. The minimum atomic E-state index is 0. The molecule has 0 radical (unpaired) electrons. The van der Waals surface area contributed by atoms with Crippen molar-refractivity contribution in [2.24, 2.45) is 0 Å². The number of anilines is 1. The summed E-state index contributed by atoms with van der Waals surface area (Å²) in [5.74, 6) is 0.249. The average Bonchev–Trinajstić information content (AvgIpc) is 2.06. The third-order valence-electron chi connectivity index (χ3n) is 1.89. The first-order chi connectivity index (χ1) is 5.38. The molecule has 0 saturated heterocycles. The Morgan fingerprint density at radius 3 is 2.62 bits per heavy atom. The summed E-state index contributed by atoms with van der Waals surface area (Å²) in [5.41, 5.74) is 1.81. The lowest BCUT2D eigenvalue weighted by atomic mass is 10.0. The first-order valence-electron chi connectivity index (χ1n) is 3.74. The highest BCUT2D eigenvalue weighted by Gasteiger charge is 2.14. The maximum absolute atomic E-state index is 11.2. The molecule has 0 fully saturated rings. The Morgan fingerprint density at radius 2 is 1.92 bits per heavy atom. The van der Waals surface area contributed by atoms with Gasteiger partial charge in [0.15, 0.2) is 5.78 Å². The van der Waals surface area contributed by atoms with E-state index in [0.29, 0.717) is 6.42 Å². The van der Waals surface area contributed by atoms with Crippen molar-refractivity contribution in [2.45, 2.75) is 6.42 Å². The molecule has 72 valence electrons. The van der Waals surface area contributed by atoms with Crippen molar-refractivity contribution in [3.8, 4) is 0 Å². The van der Waals surface area contributed by atoms with Crippen LogP contribution in [0.5, 0.6) is 0 Å². The number of Topliss-reactive ketones (excluding diaryl/α,β-unsaturated/α-hetero) is 1. The average molecular weight is 202 g/mol. The lowest BCUT2D eigenvalue weighted by molar-refractivity contribution is 0.0984. The van der Waals surface area contributed by atoms with Gasteiger partial charge in [0, 0.05) is 24.2 Å². The van der Waals surface area contributed by atoms with E-state index < -0.39 is 0 Å². The molecular weight excluding hydrogens is 190 g/mol. The maximum Gasteiger partial charge on any atom is 0.166 e. The number of para-hydroxylation sites is 1. The zero-order valence-electron chi connectivity index (χ0n) is 7.04. The van der Waals surface area contributed by atoms with Crippen molar-refractivity contribution < 1.29 is 10.3 Å². The second-order valence-corrected chi connectivity index (χ2v) is 2.65. The Kier molecular flexibility index (Phi) is 4.45. The summed E-state index contributed by atoms with van der Waals surface area (Å²) >= 11 is 0. The molecule has 0 unspecified atom stereocenters. The molecule has 0 spiro atoms. The zero-order chi connectivity index (χ0) is 7.68.